The van der Waals surface area contributed by atoms with E-state index in [0.717, 1.165) is 4.47 Å². The summed E-state index contributed by atoms with van der Waals surface area (Å²) < 4.78 is 24.5. The first kappa shape index (κ1) is 8.65. The van der Waals surface area contributed by atoms with Gasteiger partial charge in [-0.05, 0) is 17.7 Å². The fraction of sp³-hybridized carbons (Fsp3) is 0.250. The summed E-state index contributed by atoms with van der Waals surface area (Å²) in [5.41, 5.74) is 0.670. The summed E-state index contributed by atoms with van der Waals surface area (Å²) >= 11 is 3.22. The smallest absolute Gasteiger partial charge is 0.210 e. The van der Waals surface area contributed by atoms with Crippen LogP contribution in [-0.2, 0) is 6.42 Å². The van der Waals surface area contributed by atoms with Gasteiger partial charge in [0, 0.05) is 10.9 Å². The standard InChI is InChI=1S/C8H7BrF2/c9-7-3-1-6(2-4-7)5-8(10)11/h1-4,8H,5H2. The molecule has 1 aromatic carbocycles. The molecule has 0 heterocycles. The van der Waals surface area contributed by atoms with Gasteiger partial charge in [0.25, 0.3) is 0 Å². The first-order valence-corrected chi connectivity index (χ1v) is 4.00. The molecular weight excluding hydrogens is 214 g/mol. The molecule has 0 spiro atoms. The molecule has 1 aromatic rings. The molecule has 0 N–H and O–H groups in total. The van der Waals surface area contributed by atoms with Crippen LogP contribution in [0.4, 0.5) is 8.78 Å². The van der Waals surface area contributed by atoms with Gasteiger partial charge in [-0.3, -0.25) is 0 Å². The minimum absolute atomic E-state index is 0.159. The Bertz CT molecular complexity index is 218. The van der Waals surface area contributed by atoms with Crippen molar-refractivity contribution in [3.05, 3.63) is 34.3 Å². The van der Waals surface area contributed by atoms with E-state index in [1.54, 1.807) is 24.3 Å². The van der Waals surface area contributed by atoms with Crippen LogP contribution in [0.5, 0.6) is 0 Å². The van der Waals surface area contributed by atoms with Crippen molar-refractivity contribution in [1.82, 2.24) is 0 Å². The average molecular weight is 221 g/mol. The summed E-state index contributed by atoms with van der Waals surface area (Å²) in [6.45, 7) is 0. The molecule has 3 heteroatoms. The Balaban J connectivity index is 2.66. The molecule has 0 fully saturated rings. The molecule has 0 unspecified atom stereocenters. The maximum absolute atomic E-state index is 11.8. The second kappa shape index (κ2) is 3.81. The highest BCUT2D eigenvalue weighted by Gasteiger charge is 2.02. The first-order chi connectivity index (χ1) is 5.18. The molecule has 60 valence electrons. The zero-order valence-corrected chi connectivity index (χ0v) is 7.31. The minimum atomic E-state index is -2.25. The molecule has 0 amide bonds. The lowest BCUT2D eigenvalue weighted by molar-refractivity contribution is 0.149. The molecule has 0 saturated carbocycles. The van der Waals surface area contributed by atoms with Crippen LogP contribution in [0.15, 0.2) is 28.7 Å². The summed E-state index contributed by atoms with van der Waals surface area (Å²) in [6, 6.07) is 6.90. The highest BCUT2D eigenvalue weighted by atomic mass is 79.9. The summed E-state index contributed by atoms with van der Waals surface area (Å²) in [5.74, 6) is 0. The second-order valence-electron chi connectivity index (χ2n) is 2.22. The first-order valence-electron chi connectivity index (χ1n) is 3.21. The number of hydrogen-bond acceptors (Lipinski definition) is 0. The number of rotatable bonds is 2. The summed E-state index contributed by atoms with van der Waals surface area (Å²) in [4.78, 5) is 0. The van der Waals surface area contributed by atoms with Crippen LogP contribution in [0.1, 0.15) is 5.56 Å². The summed E-state index contributed by atoms with van der Waals surface area (Å²) in [6.07, 6.45) is -2.41. The number of hydrogen-bond donors (Lipinski definition) is 0. The van der Waals surface area contributed by atoms with Crippen LogP contribution >= 0.6 is 15.9 Å². The maximum atomic E-state index is 11.8. The van der Waals surface area contributed by atoms with Crippen molar-refractivity contribution in [1.29, 1.82) is 0 Å². The Morgan fingerprint density at radius 1 is 1.18 bits per heavy atom. The molecule has 0 aliphatic heterocycles. The van der Waals surface area contributed by atoms with Crippen molar-refractivity contribution < 1.29 is 8.78 Å². The van der Waals surface area contributed by atoms with Crippen molar-refractivity contribution in [3.8, 4) is 0 Å². The van der Waals surface area contributed by atoms with E-state index in [9.17, 15) is 8.78 Å². The quantitative estimate of drug-likeness (QED) is 0.718. The largest absolute Gasteiger partial charge is 0.242 e. The van der Waals surface area contributed by atoms with E-state index in [0.29, 0.717) is 5.56 Å². The van der Waals surface area contributed by atoms with Crippen LogP contribution in [0.25, 0.3) is 0 Å². The zero-order chi connectivity index (χ0) is 8.27. The normalized spacial score (nSPS) is 10.5. The van der Waals surface area contributed by atoms with Gasteiger partial charge in [-0.15, -0.1) is 0 Å². The Kier molecular flexibility index (Phi) is 3.00. The summed E-state index contributed by atoms with van der Waals surface area (Å²) in [7, 11) is 0. The average Bonchev–Trinajstić information content (AvgIpc) is 1.93. The van der Waals surface area contributed by atoms with Crippen LogP contribution in [0, 0.1) is 0 Å². The third-order valence-electron chi connectivity index (χ3n) is 1.30. The van der Waals surface area contributed by atoms with E-state index in [2.05, 4.69) is 15.9 Å². The lowest BCUT2D eigenvalue weighted by Gasteiger charge is -1.98. The molecule has 0 bridgehead atoms. The van der Waals surface area contributed by atoms with Crippen molar-refractivity contribution >= 4 is 15.9 Å². The van der Waals surface area contributed by atoms with Crippen molar-refractivity contribution in [2.24, 2.45) is 0 Å². The van der Waals surface area contributed by atoms with Gasteiger partial charge >= 0.3 is 0 Å². The van der Waals surface area contributed by atoms with E-state index >= 15 is 0 Å². The molecule has 0 aliphatic rings. The monoisotopic (exact) mass is 220 g/mol. The lowest BCUT2D eigenvalue weighted by Crippen LogP contribution is -1.95. The highest BCUT2D eigenvalue weighted by Crippen LogP contribution is 2.12. The van der Waals surface area contributed by atoms with Gasteiger partial charge < -0.3 is 0 Å². The van der Waals surface area contributed by atoms with E-state index < -0.39 is 6.43 Å². The molecule has 0 atom stereocenters. The van der Waals surface area contributed by atoms with Gasteiger partial charge in [-0.1, -0.05) is 28.1 Å². The van der Waals surface area contributed by atoms with E-state index in [4.69, 9.17) is 0 Å². The van der Waals surface area contributed by atoms with Gasteiger partial charge in [0.15, 0.2) is 0 Å². The van der Waals surface area contributed by atoms with Crippen LogP contribution in [0.3, 0.4) is 0 Å². The topological polar surface area (TPSA) is 0 Å². The van der Waals surface area contributed by atoms with Gasteiger partial charge in [-0.25, -0.2) is 8.78 Å². The number of benzene rings is 1. The molecule has 0 saturated heterocycles. The third kappa shape index (κ3) is 2.97. The van der Waals surface area contributed by atoms with Gasteiger partial charge in [0.1, 0.15) is 0 Å². The number of halogens is 3. The van der Waals surface area contributed by atoms with Crippen molar-refractivity contribution in [2.75, 3.05) is 0 Å². The predicted octanol–water partition coefficient (Wildman–Crippen LogP) is 3.26. The van der Waals surface area contributed by atoms with E-state index in [1.165, 1.54) is 0 Å². The lowest BCUT2D eigenvalue weighted by atomic mass is 10.2. The van der Waals surface area contributed by atoms with E-state index in [-0.39, 0.29) is 6.42 Å². The molecule has 0 radical (unpaired) electrons. The molecular formula is C8H7BrF2. The van der Waals surface area contributed by atoms with Gasteiger partial charge in [0.05, 0.1) is 0 Å². The van der Waals surface area contributed by atoms with Crippen molar-refractivity contribution in [3.63, 3.8) is 0 Å². The third-order valence-corrected chi connectivity index (χ3v) is 1.83. The molecule has 0 nitrogen and oxygen atoms in total. The van der Waals surface area contributed by atoms with E-state index in [1.807, 2.05) is 0 Å². The Morgan fingerprint density at radius 2 is 1.73 bits per heavy atom. The SMILES string of the molecule is FC(F)Cc1ccc(Br)cc1. The van der Waals surface area contributed by atoms with Crippen LogP contribution < -0.4 is 0 Å². The molecule has 0 aromatic heterocycles. The predicted molar refractivity (Wildman–Crippen MR) is 43.9 cm³/mol. The molecule has 0 aliphatic carbocycles. The Morgan fingerprint density at radius 3 is 2.18 bits per heavy atom. The Hall–Kier alpha value is -0.440. The fourth-order valence-electron chi connectivity index (χ4n) is 0.799. The molecule has 1 rings (SSSR count). The summed E-state index contributed by atoms with van der Waals surface area (Å²) in [5, 5.41) is 0. The Labute approximate surface area is 72.4 Å². The van der Waals surface area contributed by atoms with Gasteiger partial charge in [0.2, 0.25) is 6.43 Å². The minimum Gasteiger partial charge on any atom is -0.210 e. The van der Waals surface area contributed by atoms with Crippen LogP contribution in [-0.4, -0.2) is 6.43 Å². The highest BCUT2D eigenvalue weighted by molar-refractivity contribution is 9.10. The van der Waals surface area contributed by atoms with Crippen LogP contribution in [0.2, 0.25) is 0 Å². The second-order valence-corrected chi connectivity index (χ2v) is 3.14. The molecule has 11 heavy (non-hydrogen) atoms. The maximum Gasteiger partial charge on any atom is 0.242 e. The van der Waals surface area contributed by atoms with Gasteiger partial charge in [-0.2, -0.15) is 0 Å². The zero-order valence-electron chi connectivity index (χ0n) is 5.73. The van der Waals surface area contributed by atoms with Crippen molar-refractivity contribution in [2.45, 2.75) is 12.8 Å². The number of alkyl halides is 2. The fourth-order valence-corrected chi connectivity index (χ4v) is 1.06.